The van der Waals surface area contributed by atoms with E-state index in [9.17, 15) is 8.42 Å². The Hall–Kier alpha value is -0.130. The van der Waals surface area contributed by atoms with Gasteiger partial charge < -0.3 is 10.2 Å². The van der Waals surface area contributed by atoms with Gasteiger partial charge in [0.15, 0.2) is 0 Å². The lowest BCUT2D eigenvalue weighted by Gasteiger charge is -2.35. The monoisotopic (exact) mass is 258 g/mol. The van der Waals surface area contributed by atoms with Crippen LogP contribution in [0.5, 0.6) is 0 Å². The maximum atomic E-state index is 11.4. The SMILES string of the molecule is O=S1(=O)CCC(NC2CCN3CCC2C3)CC1. The molecule has 0 aromatic rings. The van der Waals surface area contributed by atoms with Gasteiger partial charge in [-0.2, -0.15) is 0 Å². The Morgan fingerprint density at radius 3 is 2.47 bits per heavy atom. The number of hydrogen-bond acceptors (Lipinski definition) is 4. The summed E-state index contributed by atoms with van der Waals surface area (Å²) in [5.41, 5.74) is 0. The number of rotatable bonds is 2. The number of piperidine rings is 1. The van der Waals surface area contributed by atoms with Crippen LogP contribution < -0.4 is 5.32 Å². The van der Waals surface area contributed by atoms with Gasteiger partial charge in [-0.1, -0.05) is 0 Å². The third kappa shape index (κ3) is 2.66. The Kier molecular flexibility index (Phi) is 3.17. The fourth-order valence-corrected chi connectivity index (χ4v) is 5.02. The van der Waals surface area contributed by atoms with Gasteiger partial charge in [0.1, 0.15) is 9.84 Å². The van der Waals surface area contributed by atoms with Gasteiger partial charge in [-0.3, -0.25) is 0 Å². The van der Waals surface area contributed by atoms with Crippen molar-refractivity contribution in [3.05, 3.63) is 0 Å². The van der Waals surface area contributed by atoms with E-state index in [4.69, 9.17) is 0 Å². The fraction of sp³-hybridized carbons (Fsp3) is 1.00. The smallest absolute Gasteiger partial charge is 0.150 e. The molecule has 3 saturated heterocycles. The molecule has 0 spiro atoms. The number of hydrogen-bond donors (Lipinski definition) is 1. The van der Waals surface area contributed by atoms with Crippen LogP contribution in [0, 0.1) is 5.92 Å². The molecule has 17 heavy (non-hydrogen) atoms. The van der Waals surface area contributed by atoms with Crippen LogP contribution in [-0.2, 0) is 9.84 Å². The molecular formula is C12H22N2O2S. The minimum Gasteiger partial charge on any atom is -0.311 e. The van der Waals surface area contributed by atoms with Crippen LogP contribution in [0.4, 0.5) is 0 Å². The van der Waals surface area contributed by atoms with Crippen molar-refractivity contribution < 1.29 is 8.42 Å². The van der Waals surface area contributed by atoms with Crippen LogP contribution in [-0.4, -0.2) is 56.5 Å². The first-order valence-corrected chi connectivity index (χ1v) is 8.63. The molecule has 5 heteroatoms. The van der Waals surface area contributed by atoms with Crippen LogP contribution in [0.15, 0.2) is 0 Å². The number of nitrogens with one attached hydrogen (secondary N) is 1. The van der Waals surface area contributed by atoms with Gasteiger partial charge in [-0.25, -0.2) is 8.42 Å². The Balaban J connectivity index is 1.54. The highest BCUT2D eigenvalue weighted by Gasteiger charge is 2.35. The van der Waals surface area contributed by atoms with Gasteiger partial charge in [0.05, 0.1) is 11.5 Å². The van der Waals surface area contributed by atoms with Crippen LogP contribution >= 0.6 is 0 Å². The molecular weight excluding hydrogens is 236 g/mol. The second-order valence-electron chi connectivity index (χ2n) is 5.84. The van der Waals surface area contributed by atoms with Gasteiger partial charge in [0, 0.05) is 18.6 Å². The molecule has 0 aliphatic carbocycles. The molecule has 0 aromatic heterocycles. The van der Waals surface area contributed by atoms with Crippen molar-refractivity contribution in [1.82, 2.24) is 10.2 Å². The second-order valence-corrected chi connectivity index (χ2v) is 8.14. The molecule has 0 radical (unpaired) electrons. The molecule has 98 valence electrons. The maximum Gasteiger partial charge on any atom is 0.150 e. The lowest BCUT2D eigenvalue weighted by atomic mass is 9.93. The molecule has 2 bridgehead atoms. The normalized spacial score (nSPS) is 41.5. The van der Waals surface area contributed by atoms with Gasteiger partial charge in [0.2, 0.25) is 0 Å². The fourth-order valence-electron chi connectivity index (χ4n) is 3.53. The van der Waals surface area contributed by atoms with E-state index in [0.29, 0.717) is 23.6 Å². The van der Waals surface area contributed by atoms with Crippen LogP contribution in [0.1, 0.15) is 25.7 Å². The van der Waals surface area contributed by atoms with Crippen molar-refractivity contribution in [1.29, 1.82) is 0 Å². The minimum absolute atomic E-state index is 0.383. The lowest BCUT2D eigenvalue weighted by molar-refractivity contribution is 0.206. The Bertz CT molecular complexity index is 368. The van der Waals surface area contributed by atoms with Crippen molar-refractivity contribution in [2.45, 2.75) is 37.8 Å². The summed E-state index contributed by atoms with van der Waals surface area (Å²) in [6.07, 6.45) is 4.20. The summed E-state index contributed by atoms with van der Waals surface area (Å²) >= 11 is 0. The van der Waals surface area contributed by atoms with Crippen molar-refractivity contribution in [2.75, 3.05) is 31.1 Å². The zero-order chi connectivity index (χ0) is 11.9. The number of fused-ring (bicyclic) bond motifs is 2. The molecule has 0 amide bonds. The van der Waals surface area contributed by atoms with Crippen molar-refractivity contribution in [3.8, 4) is 0 Å². The third-order valence-electron chi connectivity index (χ3n) is 4.64. The molecule has 3 atom stereocenters. The lowest BCUT2D eigenvalue weighted by Crippen LogP contribution is -2.49. The summed E-state index contributed by atoms with van der Waals surface area (Å²) in [6, 6.07) is 1.08. The van der Waals surface area contributed by atoms with E-state index >= 15 is 0 Å². The highest BCUT2D eigenvalue weighted by Crippen LogP contribution is 2.28. The van der Waals surface area contributed by atoms with Crippen molar-refractivity contribution in [3.63, 3.8) is 0 Å². The average Bonchev–Trinajstić information content (AvgIpc) is 2.68. The second kappa shape index (κ2) is 4.52. The average molecular weight is 258 g/mol. The molecule has 3 unspecified atom stereocenters. The van der Waals surface area contributed by atoms with E-state index < -0.39 is 9.84 Å². The van der Waals surface area contributed by atoms with Crippen molar-refractivity contribution >= 4 is 9.84 Å². The predicted molar refractivity (Wildman–Crippen MR) is 67.8 cm³/mol. The quantitative estimate of drug-likeness (QED) is 0.771. The number of sulfone groups is 1. The first-order valence-electron chi connectivity index (χ1n) is 6.81. The highest BCUT2D eigenvalue weighted by molar-refractivity contribution is 7.91. The predicted octanol–water partition coefficient (Wildman–Crippen LogP) is 0.247. The zero-order valence-corrected chi connectivity index (χ0v) is 11.1. The first-order chi connectivity index (χ1) is 8.12. The van der Waals surface area contributed by atoms with E-state index in [1.807, 2.05) is 0 Å². The maximum absolute atomic E-state index is 11.4. The molecule has 3 heterocycles. The van der Waals surface area contributed by atoms with Gasteiger partial charge in [-0.05, 0) is 44.7 Å². The van der Waals surface area contributed by atoms with Gasteiger partial charge in [0.25, 0.3) is 0 Å². The van der Waals surface area contributed by atoms with E-state index in [2.05, 4.69) is 10.2 Å². The Morgan fingerprint density at radius 2 is 1.71 bits per heavy atom. The van der Waals surface area contributed by atoms with Crippen molar-refractivity contribution in [2.24, 2.45) is 5.92 Å². The van der Waals surface area contributed by atoms with Gasteiger partial charge in [-0.15, -0.1) is 0 Å². The van der Waals surface area contributed by atoms with E-state index in [1.165, 1.54) is 32.5 Å². The van der Waals surface area contributed by atoms with E-state index in [0.717, 1.165) is 18.8 Å². The first kappa shape index (κ1) is 11.9. The molecule has 0 saturated carbocycles. The largest absolute Gasteiger partial charge is 0.311 e. The topological polar surface area (TPSA) is 49.4 Å². The summed E-state index contributed by atoms with van der Waals surface area (Å²) in [5, 5.41) is 3.73. The van der Waals surface area contributed by atoms with Gasteiger partial charge >= 0.3 is 0 Å². The van der Waals surface area contributed by atoms with Crippen LogP contribution in [0.25, 0.3) is 0 Å². The third-order valence-corrected chi connectivity index (χ3v) is 6.35. The summed E-state index contributed by atoms with van der Waals surface area (Å²) in [4.78, 5) is 2.55. The Morgan fingerprint density at radius 1 is 1.00 bits per heavy atom. The summed E-state index contributed by atoms with van der Waals surface area (Å²) in [6.45, 7) is 3.74. The summed E-state index contributed by atoms with van der Waals surface area (Å²) < 4.78 is 22.8. The molecule has 4 nitrogen and oxygen atoms in total. The summed E-state index contributed by atoms with van der Waals surface area (Å²) in [7, 11) is -2.72. The van der Waals surface area contributed by atoms with E-state index in [-0.39, 0.29) is 0 Å². The van der Waals surface area contributed by atoms with E-state index in [1.54, 1.807) is 0 Å². The molecule has 1 N–H and O–H groups in total. The van der Waals surface area contributed by atoms with Crippen LogP contribution in [0.3, 0.4) is 0 Å². The molecule has 3 aliphatic rings. The Labute approximate surface area is 104 Å². The molecule has 3 aliphatic heterocycles. The molecule has 0 aromatic carbocycles. The standard InChI is InChI=1S/C12H22N2O2S/c15-17(16)7-3-11(4-8-17)13-12-2-6-14-5-1-10(12)9-14/h10-13H,1-9H2. The minimum atomic E-state index is -2.72. The molecule has 3 rings (SSSR count). The zero-order valence-electron chi connectivity index (χ0n) is 10.3. The number of nitrogens with zero attached hydrogens (tertiary/aromatic N) is 1. The summed E-state index contributed by atoms with van der Waals surface area (Å²) in [5.74, 6) is 1.57. The highest BCUT2D eigenvalue weighted by atomic mass is 32.2. The van der Waals surface area contributed by atoms with Crippen LogP contribution in [0.2, 0.25) is 0 Å². The molecule has 3 fully saturated rings.